The first-order chi connectivity index (χ1) is 15.7. The third-order valence-electron chi connectivity index (χ3n) is 5.80. The van der Waals surface area contributed by atoms with Crippen LogP contribution in [-0.4, -0.2) is 22.0 Å². The van der Waals surface area contributed by atoms with Gasteiger partial charge in [0.05, 0.1) is 12.1 Å². The molecular weight excluding hydrogens is 427 g/mol. The second-order valence-corrected chi connectivity index (χ2v) is 8.28. The SMILES string of the molecule is CCCCN(Cc1cccn1Cc1cccc(C(F)(F)F)c1)C(=O)Nc1cccc(C)c1C. The minimum absolute atomic E-state index is 0.191. The van der Waals surface area contributed by atoms with E-state index in [9.17, 15) is 18.0 Å². The third kappa shape index (κ3) is 6.40. The van der Waals surface area contributed by atoms with E-state index < -0.39 is 11.7 Å². The van der Waals surface area contributed by atoms with Crippen LogP contribution in [0.25, 0.3) is 0 Å². The average molecular weight is 458 g/mol. The molecule has 0 radical (unpaired) electrons. The van der Waals surface area contributed by atoms with Gasteiger partial charge in [-0.1, -0.05) is 37.6 Å². The molecule has 1 aromatic heterocycles. The monoisotopic (exact) mass is 457 g/mol. The van der Waals surface area contributed by atoms with Crippen LogP contribution in [0.5, 0.6) is 0 Å². The smallest absolute Gasteiger partial charge is 0.345 e. The lowest BCUT2D eigenvalue weighted by molar-refractivity contribution is -0.137. The molecule has 4 nitrogen and oxygen atoms in total. The second kappa shape index (κ2) is 10.6. The molecule has 7 heteroatoms. The molecule has 0 fully saturated rings. The molecule has 0 spiro atoms. The number of halogens is 3. The highest BCUT2D eigenvalue weighted by Gasteiger charge is 2.30. The van der Waals surface area contributed by atoms with Crippen LogP contribution in [0.1, 0.15) is 47.7 Å². The number of hydrogen-bond donors (Lipinski definition) is 1. The van der Waals surface area contributed by atoms with Crippen molar-refractivity contribution in [2.75, 3.05) is 11.9 Å². The fourth-order valence-electron chi connectivity index (χ4n) is 3.67. The van der Waals surface area contributed by atoms with Crippen LogP contribution in [0.15, 0.2) is 60.8 Å². The zero-order valence-electron chi connectivity index (χ0n) is 19.2. The Morgan fingerprint density at radius 2 is 1.82 bits per heavy atom. The number of nitrogens with one attached hydrogen (secondary N) is 1. The molecular formula is C26H30F3N3O. The highest BCUT2D eigenvalue weighted by atomic mass is 19.4. The molecule has 0 aliphatic carbocycles. The average Bonchev–Trinajstić information content (AvgIpc) is 3.20. The Morgan fingerprint density at radius 1 is 1.06 bits per heavy atom. The topological polar surface area (TPSA) is 37.3 Å². The van der Waals surface area contributed by atoms with E-state index in [1.54, 1.807) is 11.0 Å². The van der Waals surface area contributed by atoms with E-state index in [2.05, 4.69) is 12.2 Å². The summed E-state index contributed by atoms with van der Waals surface area (Å²) in [4.78, 5) is 14.9. The van der Waals surface area contributed by atoms with E-state index in [4.69, 9.17) is 0 Å². The summed E-state index contributed by atoms with van der Waals surface area (Å²) in [6, 6.07) is 14.7. The molecule has 1 N–H and O–H groups in total. The third-order valence-corrected chi connectivity index (χ3v) is 5.80. The summed E-state index contributed by atoms with van der Waals surface area (Å²) in [6.45, 7) is 7.29. The summed E-state index contributed by atoms with van der Waals surface area (Å²) in [5.41, 5.74) is 3.66. The number of aromatic nitrogens is 1. The van der Waals surface area contributed by atoms with E-state index in [1.807, 2.05) is 54.9 Å². The molecule has 3 rings (SSSR count). The van der Waals surface area contributed by atoms with Crippen LogP contribution < -0.4 is 5.32 Å². The van der Waals surface area contributed by atoms with Gasteiger partial charge >= 0.3 is 12.2 Å². The number of unbranched alkanes of at least 4 members (excludes halogenated alkanes) is 1. The number of hydrogen-bond acceptors (Lipinski definition) is 1. The van der Waals surface area contributed by atoms with E-state index in [1.165, 1.54) is 12.1 Å². The predicted molar refractivity (Wildman–Crippen MR) is 125 cm³/mol. The molecule has 2 aromatic carbocycles. The summed E-state index contributed by atoms with van der Waals surface area (Å²) in [7, 11) is 0. The van der Waals surface area contributed by atoms with E-state index in [0.717, 1.165) is 41.4 Å². The van der Waals surface area contributed by atoms with Crippen molar-refractivity contribution in [3.05, 3.63) is 88.7 Å². The van der Waals surface area contributed by atoms with Crippen LogP contribution in [-0.2, 0) is 19.3 Å². The normalized spacial score (nSPS) is 11.5. The van der Waals surface area contributed by atoms with Crippen LogP contribution in [0, 0.1) is 13.8 Å². The number of benzene rings is 2. The Bertz CT molecular complexity index is 1090. The molecule has 0 aliphatic rings. The zero-order chi connectivity index (χ0) is 24.0. The maximum Gasteiger partial charge on any atom is 0.416 e. The summed E-state index contributed by atoms with van der Waals surface area (Å²) in [5.74, 6) is 0. The van der Waals surface area contributed by atoms with Gasteiger partial charge in [0.1, 0.15) is 0 Å². The fourth-order valence-corrected chi connectivity index (χ4v) is 3.67. The number of rotatable bonds is 8. The molecule has 3 aromatic rings. The Labute approximate surface area is 193 Å². The Balaban J connectivity index is 1.77. The predicted octanol–water partition coefficient (Wildman–Crippen LogP) is 7.01. The highest BCUT2D eigenvalue weighted by molar-refractivity contribution is 5.90. The van der Waals surface area contributed by atoms with Gasteiger partial charge in [-0.25, -0.2) is 4.79 Å². The van der Waals surface area contributed by atoms with Gasteiger partial charge in [0.25, 0.3) is 0 Å². The van der Waals surface area contributed by atoms with Gasteiger partial charge < -0.3 is 14.8 Å². The minimum atomic E-state index is -4.38. The molecule has 176 valence electrons. The van der Waals surface area contributed by atoms with Crippen molar-refractivity contribution in [3.63, 3.8) is 0 Å². The number of amides is 2. The van der Waals surface area contributed by atoms with Crippen LogP contribution in [0.3, 0.4) is 0 Å². The van der Waals surface area contributed by atoms with Gasteiger partial charge in [-0.15, -0.1) is 0 Å². The van der Waals surface area contributed by atoms with Gasteiger partial charge in [0, 0.05) is 30.7 Å². The van der Waals surface area contributed by atoms with Crippen molar-refractivity contribution in [3.8, 4) is 0 Å². The molecule has 0 atom stereocenters. The van der Waals surface area contributed by atoms with Crippen molar-refractivity contribution in [1.82, 2.24) is 9.47 Å². The zero-order valence-corrected chi connectivity index (χ0v) is 19.2. The Kier molecular flexibility index (Phi) is 7.84. The molecule has 0 unspecified atom stereocenters. The highest BCUT2D eigenvalue weighted by Crippen LogP contribution is 2.30. The maximum absolute atomic E-state index is 13.1. The van der Waals surface area contributed by atoms with Crippen molar-refractivity contribution in [1.29, 1.82) is 0 Å². The van der Waals surface area contributed by atoms with Crippen LogP contribution >= 0.6 is 0 Å². The molecule has 0 aliphatic heterocycles. The number of anilines is 1. The lowest BCUT2D eigenvalue weighted by Gasteiger charge is -2.24. The number of urea groups is 1. The van der Waals surface area contributed by atoms with Gasteiger partial charge in [0.15, 0.2) is 0 Å². The number of carbonyl (C=O) groups excluding carboxylic acids is 1. The summed E-state index contributed by atoms with van der Waals surface area (Å²) in [6.07, 6.45) is -0.748. The van der Waals surface area contributed by atoms with Gasteiger partial charge in [-0.3, -0.25) is 0 Å². The summed E-state index contributed by atoms with van der Waals surface area (Å²) < 4.78 is 41.1. The maximum atomic E-state index is 13.1. The van der Waals surface area contributed by atoms with Gasteiger partial charge in [-0.05, 0) is 67.3 Å². The summed E-state index contributed by atoms with van der Waals surface area (Å²) in [5, 5.41) is 3.02. The van der Waals surface area contributed by atoms with E-state index in [0.29, 0.717) is 25.2 Å². The lowest BCUT2D eigenvalue weighted by Crippen LogP contribution is -2.36. The number of nitrogens with zero attached hydrogens (tertiary/aromatic N) is 2. The molecule has 33 heavy (non-hydrogen) atoms. The van der Waals surface area contributed by atoms with Crippen molar-refractivity contribution >= 4 is 11.7 Å². The second-order valence-electron chi connectivity index (χ2n) is 8.28. The van der Waals surface area contributed by atoms with Crippen LogP contribution in [0.2, 0.25) is 0 Å². The molecule has 1 heterocycles. The number of aryl methyl sites for hydroxylation is 1. The summed E-state index contributed by atoms with van der Waals surface area (Å²) >= 11 is 0. The largest absolute Gasteiger partial charge is 0.416 e. The lowest BCUT2D eigenvalue weighted by atomic mass is 10.1. The standard InChI is InChI=1S/C26H30F3N3O/c1-4-5-14-32(25(33)30-24-13-6-9-19(2)20(24)3)18-23-12-8-15-31(23)17-21-10-7-11-22(16-21)26(27,28)29/h6-13,15-16H,4-5,14,17-18H2,1-3H3,(H,30,33). The fraction of sp³-hybridized carbons (Fsp3) is 0.346. The Hall–Kier alpha value is -3.22. The van der Waals surface area contributed by atoms with Crippen LogP contribution in [0.4, 0.5) is 23.7 Å². The van der Waals surface area contributed by atoms with Crippen molar-refractivity contribution in [2.45, 2.75) is 52.9 Å². The first kappa shape index (κ1) is 24.4. The number of carbonyl (C=O) groups is 1. The van der Waals surface area contributed by atoms with Crippen molar-refractivity contribution < 1.29 is 18.0 Å². The van der Waals surface area contributed by atoms with E-state index >= 15 is 0 Å². The molecule has 2 amide bonds. The number of alkyl halides is 3. The first-order valence-electron chi connectivity index (χ1n) is 11.1. The van der Waals surface area contributed by atoms with Crippen molar-refractivity contribution in [2.24, 2.45) is 0 Å². The minimum Gasteiger partial charge on any atom is -0.345 e. The molecule has 0 saturated heterocycles. The quantitative estimate of drug-likeness (QED) is 0.388. The molecule has 0 saturated carbocycles. The van der Waals surface area contributed by atoms with Gasteiger partial charge in [0.2, 0.25) is 0 Å². The Morgan fingerprint density at radius 3 is 2.55 bits per heavy atom. The molecule has 0 bridgehead atoms. The van der Waals surface area contributed by atoms with E-state index in [-0.39, 0.29) is 6.03 Å². The first-order valence-corrected chi connectivity index (χ1v) is 11.1. The van der Waals surface area contributed by atoms with Gasteiger partial charge in [-0.2, -0.15) is 13.2 Å².